The molecule has 19 heavy (non-hydrogen) atoms. The third-order valence-electron chi connectivity index (χ3n) is 3.23. The molecule has 0 atom stereocenters. The molecule has 1 aromatic heterocycles. The van der Waals surface area contributed by atoms with Crippen molar-refractivity contribution in [1.29, 1.82) is 0 Å². The Morgan fingerprint density at radius 2 is 1.95 bits per heavy atom. The molecule has 0 spiro atoms. The highest BCUT2D eigenvalue weighted by atomic mass is 16.3. The number of nitrogen functional groups attached to an aromatic ring is 1. The van der Waals surface area contributed by atoms with Crippen molar-refractivity contribution in [2.24, 2.45) is 0 Å². The van der Waals surface area contributed by atoms with Gasteiger partial charge in [-0.05, 0) is 42.7 Å². The number of para-hydroxylation sites is 1. The Morgan fingerprint density at radius 1 is 1.11 bits per heavy atom. The highest BCUT2D eigenvalue weighted by Gasteiger charge is 2.07. The first-order valence-corrected chi connectivity index (χ1v) is 6.42. The Bertz CT molecular complexity index is 716. The minimum Gasteiger partial charge on any atom is -0.440 e. The van der Waals surface area contributed by atoms with Gasteiger partial charge in [0.15, 0.2) is 11.5 Å². The number of oxazole rings is 1. The van der Waals surface area contributed by atoms with Crippen LogP contribution in [-0.2, 0) is 12.8 Å². The van der Waals surface area contributed by atoms with Crippen LogP contribution in [0.15, 0.2) is 46.9 Å². The predicted octanol–water partition coefficient (Wildman–Crippen LogP) is 3.50. The van der Waals surface area contributed by atoms with E-state index in [0.29, 0.717) is 0 Å². The first-order chi connectivity index (χ1) is 9.22. The molecule has 0 saturated heterocycles. The number of hydrogen-bond donors (Lipinski definition) is 1. The normalized spacial score (nSPS) is 11.0. The van der Waals surface area contributed by atoms with Crippen molar-refractivity contribution >= 4 is 16.8 Å². The van der Waals surface area contributed by atoms with Gasteiger partial charge in [0, 0.05) is 12.1 Å². The van der Waals surface area contributed by atoms with Crippen molar-refractivity contribution in [3.63, 3.8) is 0 Å². The third-order valence-corrected chi connectivity index (χ3v) is 3.23. The van der Waals surface area contributed by atoms with E-state index in [9.17, 15) is 0 Å². The molecule has 96 valence electrons. The van der Waals surface area contributed by atoms with E-state index in [2.05, 4.69) is 11.1 Å². The molecule has 0 bridgehead atoms. The second-order valence-electron chi connectivity index (χ2n) is 4.78. The zero-order chi connectivity index (χ0) is 13.2. The number of fused-ring (bicyclic) bond motifs is 1. The van der Waals surface area contributed by atoms with Gasteiger partial charge in [-0.2, -0.15) is 0 Å². The van der Waals surface area contributed by atoms with Crippen LogP contribution in [0.4, 0.5) is 5.69 Å². The van der Waals surface area contributed by atoms with Gasteiger partial charge in [-0.3, -0.25) is 0 Å². The second-order valence-corrected chi connectivity index (χ2v) is 4.78. The Labute approximate surface area is 112 Å². The van der Waals surface area contributed by atoms with E-state index in [0.717, 1.165) is 41.1 Å². The maximum atomic E-state index is 5.81. The van der Waals surface area contributed by atoms with E-state index >= 15 is 0 Å². The largest absolute Gasteiger partial charge is 0.440 e. The van der Waals surface area contributed by atoms with Crippen LogP contribution in [0.2, 0.25) is 0 Å². The predicted molar refractivity (Wildman–Crippen MR) is 77.0 cm³/mol. The maximum Gasteiger partial charge on any atom is 0.195 e. The van der Waals surface area contributed by atoms with Crippen LogP contribution in [0.3, 0.4) is 0 Å². The molecule has 0 aliphatic carbocycles. The second kappa shape index (κ2) is 4.76. The van der Waals surface area contributed by atoms with E-state index in [1.807, 2.05) is 43.3 Å². The number of anilines is 1. The first-order valence-electron chi connectivity index (χ1n) is 6.42. The molecule has 1 heterocycles. The first kappa shape index (κ1) is 11.8. The summed E-state index contributed by atoms with van der Waals surface area (Å²) in [5.74, 6) is 0.784. The van der Waals surface area contributed by atoms with Crippen molar-refractivity contribution in [3.8, 4) is 0 Å². The van der Waals surface area contributed by atoms with Crippen LogP contribution >= 0.6 is 0 Å². The van der Waals surface area contributed by atoms with Crippen LogP contribution in [0, 0.1) is 6.92 Å². The lowest BCUT2D eigenvalue weighted by Gasteiger charge is -1.99. The fourth-order valence-electron chi connectivity index (χ4n) is 2.24. The van der Waals surface area contributed by atoms with Gasteiger partial charge in [0.25, 0.3) is 0 Å². The summed E-state index contributed by atoms with van der Waals surface area (Å²) in [7, 11) is 0. The summed E-state index contributed by atoms with van der Waals surface area (Å²) in [5.41, 5.74) is 10.7. The molecule has 3 nitrogen and oxygen atoms in total. The zero-order valence-corrected chi connectivity index (χ0v) is 10.9. The molecule has 3 rings (SSSR count). The summed E-state index contributed by atoms with van der Waals surface area (Å²) in [4.78, 5) is 4.51. The average molecular weight is 252 g/mol. The van der Waals surface area contributed by atoms with Gasteiger partial charge in [0.1, 0.15) is 5.52 Å². The van der Waals surface area contributed by atoms with Crippen LogP contribution in [-0.4, -0.2) is 4.98 Å². The SMILES string of the molecule is Cc1cccc2nc(CCc3cccc(N)c3)oc12. The van der Waals surface area contributed by atoms with Gasteiger partial charge in [0.2, 0.25) is 0 Å². The lowest BCUT2D eigenvalue weighted by atomic mass is 10.1. The van der Waals surface area contributed by atoms with E-state index in [4.69, 9.17) is 10.2 Å². The molecule has 0 amide bonds. The summed E-state index contributed by atoms with van der Waals surface area (Å²) >= 11 is 0. The average Bonchev–Trinajstić information content (AvgIpc) is 2.81. The lowest BCUT2D eigenvalue weighted by Crippen LogP contribution is -1.93. The fraction of sp³-hybridized carbons (Fsp3) is 0.188. The fourth-order valence-corrected chi connectivity index (χ4v) is 2.24. The van der Waals surface area contributed by atoms with Crippen LogP contribution < -0.4 is 5.73 Å². The molecule has 3 heteroatoms. The van der Waals surface area contributed by atoms with Crippen LogP contribution in [0.5, 0.6) is 0 Å². The summed E-state index contributed by atoms with van der Waals surface area (Å²) < 4.78 is 5.81. The quantitative estimate of drug-likeness (QED) is 0.726. The van der Waals surface area contributed by atoms with Gasteiger partial charge >= 0.3 is 0 Å². The summed E-state index contributed by atoms with van der Waals surface area (Å²) in [5, 5.41) is 0. The molecule has 0 saturated carbocycles. The smallest absolute Gasteiger partial charge is 0.195 e. The molecule has 0 aliphatic rings. The van der Waals surface area contributed by atoms with E-state index in [1.165, 1.54) is 5.56 Å². The molecule has 3 aromatic rings. The van der Waals surface area contributed by atoms with Crippen molar-refractivity contribution in [3.05, 3.63) is 59.5 Å². The molecular formula is C16H16N2O. The summed E-state index contributed by atoms with van der Waals surface area (Å²) in [6, 6.07) is 14.0. The highest BCUT2D eigenvalue weighted by molar-refractivity contribution is 5.75. The Hall–Kier alpha value is -2.29. The van der Waals surface area contributed by atoms with E-state index in [1.54, 1.807) is 0 Å². The monoisotopic (exact) mass is 252 g/mol. The van der Waals surface area contributed by atoms with Crippen LogP contribution in [0.1, 0.15) is 17.0 Å². The number of nitrogens with two attached hydrogens (primary N) is 1. The van der Waals surface area contributed by atoms with Gasteiger partial charge < -0.3 is 10.2 Å². The molecule has 0 fully saturated rings. The number of rotatable bonds is 3. The van der Waals surface area contributed by atoms with Crippen LogP contribution in [0.25, 0.3) is 11.1 Å². The van der Waals surface area contributed by atoms with E-state index < -0.39 is 0 Å². The Balaban J connectivity index is 1.80. The molecule has 0 unspecified atom stereocenters. The van der Waals surface area contributed by atoms with Crippen molar-refractivity contribution in [2.75, 3.05) is 5.73 Å². The standard InChI is InChI=1S/C16H16N2O/c1-11-4-2-7-14-16(11)19-15(18-14)9-8-12-5-3-6-13(17)10-12/h2-7,10H,8-9,17H2,1H3. The molecule has 0 radical (unpaired) electrons. The lowest BCUT2D eigenvalue weighted by molar-refractivity contribution is 0.526. The minimum absolute atomic E-state index is 0.784. The number of nitrogens with zero attached hydrogens (tertiary/aromatic N) is 1. The molecule has 2 N–H and O–H groups in total. The van der Waals surface area contributed by atoms with Gasteiger partial charge in [0.05, 0.1) is 0 Å². The Morgan fingerprint density at radius 3 is 2.74 bits per heavy atom. The minimum atomic E-state index is 0.784. The number of aryl methyl sites for hydroxylation is 3. The topological polar surface area (TPSA) is 52.0 Å². The molecular weight excluding hydrogens is 236 g/mol. The van der Waals surface area contributed by atoms with Gasteiger partial charge in [-0.1, -0.05) is 24.3 Å². The zero-order valence-electron chi connectivity index (χ0n) is 10.9. The molecule has 2 aromatic carbocycles. The summed E-state index contributed by atoms with van der Waals surface area (Å²) in [6.45, 7) is 2.04. The van der Waals surface area contributed by atoms with Crippen molar-refractivity contribution in [1.82, 2.24) is 4.98 Å². The highest BCUT2D eigenvalue weighted by Crippen LogP contribution is 2.20. The number of hydrogen-bond acceptors (Lipinski definition) is 3. The number of aromatic nitrogens is 1. The van der Waals surface area contributed by atoms with Gasteiger partial charge in [-0.15, -0.1) is 0 Å². The maximum absolute atomic E-state index is 5.81. The Kier molecular flexibility index (Phi) is 2.95. The van der Waals surface area contributed by atoms with Crippen molar-refractivity contribution in [2.45, 2.75) is 19.8 Å². The third kappa shape index (κ3) is 2.45. The van der Waals surface area contributed by atoms with Gasteiger partial charge in [-0.25, -0.2) is 4.98 Å². The van der Waals surface area contributed by atoms with E-state index in [-0.39, 0.29) is 0 Å². The summed E-state index contributed by atoms with van der Waals surface area (Å²) in [6.07, 6.45) is 1.68. The van der Waals surface area contributed by atoms with Crippen molar-refractivity contribution < 1.29 is 4.42 Å². The molecule has 0 aliphatic heterocycles. The number of benzene rings is 2.